The molecule has 1 heterocycles. The largest absolute Gasteiger partial charge is 0.478 e. The van der Waals surface area contributed by atoms with Crippen LogP contribution in [-0.2, 0) is 11.3 Å². The maximum atomic E-state index is 12.5. The summed E-state index contributed by atoms with van der Waals surface area (Å²) >= 11 is 0. The summed E-state index contributed by atoms with van der Waals surface area (Å²) in [6.45, 7) is 4.27. The number of benzene rings is 2. The first kappa shape index (κ1) is 15.1. The van der Waals surface area contributed by atoms with Crippen molar-refractivity contribution >= 4 is 23.3 Å². The first-order valence-electron chi connectivity index (χ1n) is 7.46. The highest BCUT2D eigenvalue weighted by molar-refractivity contribution is 6.04. The Bertz CT molecular complexity index is 768. The second kappa shape index (κ2) is 5.76. The number of aryl methyl sites for hydroxylation is 1. The predicted octanol–water partition coefficient (Wildman–Crippen LogP) is 3.04. The Morgan fingerprint density at radius 1 is 1.22 bits per heavy atom. The van der Waals surface area contributed by atoms with Crippen LogP contribution in [-0.4, -0.2) is 23.0 Å². The molecule has 2 N–H and O–H groups in total. The first-order chi connectivity index (χ1) is 11.0. The number of carbonyl (C=O) groups excluding carboxylic acids is 1. The molecule has 0 aromatic heterocycles. The van der Waals surface area contributed by atoms with E-state index in [1.54, 1.807) is 29.2 Å². The molecule has 1 aliphatic heterocycles. The molecule has 118 valence electrons. The molecule has 0 saturated heterocycles. The summed E-state index contributed by atoms with van der Waals surface area (Å²) in [5, 5.41) is 12.2. The average Bonchev–Trinajstić information content (AvgIpc) is 2.52. The number of hydrogen-bond donors (Lipinski definition) is 2. The van der Waals surface area contributed by atoms with Gasteiger partial charge in [-0.05, 0) is 49.2 Å². The van der Waals surface area contributed by atoms with Crippen LogP contribution in [0.3, 0.4) is 0 Å². The molecule has 2 aromatic carbocycles. The number of nitrogens with zero attached hydrogens (tertiary/aromatic N) is 1. The molecule has 0 fully saturated rings. The van der Waals surface area contributed by atoms with Gasteiger partial charge in [-0.2, -0.15) is 0 Å². The quantitative estimate of drug-likeness (QED) is 0.914. The smallest absolute Gasteiger partial charge is 0.335 e. The minimum absolute atomic E-state index is 0.00339. The Morgan fingerprint density at radius 2 is 1.91 bits per heavy atom. The van der Waals surface area contributed by atoms with Gasteiger partial charge in [0.25, 0.3) is 0 Å². The molecule has 1 aliphatic rings. The maximum Gasteiger partial charge on any atom is 0.335 e. The van der Waals surface area contributed by atoms with Gasteiger partial charge in [0, 0.05) is 0 Å². The van der Waals surface area contributed by atoms with Crippen molar-refractivity contribution < 1.29 is 14.7 Å². The lowest BCUT2D eigenvalue weighted by Crippen LogP contribution is -2.45. The van der Waals surface area contributed by atoms with Gasteiger partial charge in [-0.1, -0.05) is 18.2 Å². The van der Waals surface area contributed by atoms with Crippen molar-refractivity contribution in [3.05, 3.63) is 59.2 Å². The van der Waals surface area contributed by atoms with Gasteiger partial charge in [0.2, 0.25) is 5.91 Å². The molecule has 1 atom stereocenters. The minimum atomic E-state index is -0.954. The number of amides is 1. The van der Waals surface area contributed by atoms with E-state index >= 15 is 0 Å². The Labute approximate surface area is 134 Å². The van der Waals surface area contributed by atoms with Gasteiger partial charge >= 0.3 is 5.97 Å². The highest BCUT2D eigenvalue weighted by Gasteiger charge is 2.29. The van der Waals surface area contributed by atoms with Crippen LogP contribution in [0.15, 0.2) is 42.5 Å². The summed E-state index contributed by atoms with van der Waals surface area (Å²) in [6, 6.07) is 12.3. The van der Waals surface area contributed by atoms with Crippen LogP contribution < -0.4 is 10.2 Å². The number of rotatable bonds is 3. The molecule has 1 amide bonds. The van der Waals surface area contributed by atoms with Gasteiger partial charge in [-0.15, -0.1) is 0 Å². The van der Waals surface area contributed by atoms with Crippen LogP contribution in [0.1, 0.15) is 28.4 Å². The van der Waals surface area contributed by atoms with Crippen LogP contribution in [0.25, 0.3) is 0 Å². The third-order valence-corrected chi connectivity index (χ3v) is 3.99. The van der Waals surface area contributed by atoms with Crippen molar-refractivity contribution in [3.63, 3.8) is 0 Å². The standard InChI is InChI=1S/C18H18N2O3/c1-11-3-8-16-15(9-11)19-12(2)17(21)20(16)10-13-4-6-14(7-5-13)18(22)23/h3-9,12,19H,10H2,1-2H3,(H,22,23). The van der Waals surface area contributed by atoms with Gasteiger partial charge in [0.15, 0.2) is 0 Å². The van der Waals surface area contributed by atoms with Crippen molar-refractivity contribution in [1.82, 2.24) is 0 Å². The van der Waals surface area contributed by atoms with Crippen LogP contribution in [0.2, 0.25) is 0 Å². The predicted molar refractivity (Wildman–Crippen MR) is 88.9 cm³/mol. The molecule has 2 aromatic rings. The zero-order valence-electron chi connectivity index (χ0n) is 13.0. The number of nitrogens with one attached hydrogen (secondary N) is 1. The fourth-order valence-electron chi connectivity index (χ4n) is 2.75. The van der Waals surface area contributed by atoms with Gasteiger partial charge in [-0.3, -0.25) is 4.79 Å². The molecular weight excluding hydrogens is 292 g/mol. The number of anilines is 2. The van der Waals surface area contributed by atoms with Crippen molar-refractivity contribution in [2.75, 3.05) is 10.2 Å². The normalized spacial score (nSPS) is 16.7. The number of hydrogen-bond acceptors (Lipinski definition) is 3. The molecule has 0 radical (unpaired) electrons. The topological polar surface area (TPSA) is 69.6 Å². The Morgan fingerprint density at radius 3 is 2.57 bits per heavy atom. The van der Waals surface area contributed by atoms with E-state index in [0.717, 1.165) is 22.5 Å². The number of fused-ring (bicyclic) bond motifs is 1. The molecule has 0 aliphatic carbocycles. The Hall–Kier alpha value is -2.82. The van der Waals surface area contributed by atoms with E-state index in [-0.39, 0.29) is 17.5 Å². The van der Waals surface area contributed by atoms with Crippen molar-refractivity contribution in [2.24, 2.45) is 0 Å². The van der Waals surface area contributed by atoms with E-state index in [1.165, 1.54) is 0 Å². The van der Waals surface area contributed by atoms with E-state index in [2.05, 4.69) is 5.32 Å². The molecule has 23 heavy (non-hydrogen) atoms. The second-order valence-electron chi connectivity index (χ2n) is 5.81. The Balaban J connectivity index is 1.92. The lowest BCUT2D eigenvalue weighted by Gasteiger charge is -2.34. The maximum absolute atomic E-state index is 12.5. The number of carboxylic acids is 1. The van der Waals surface area contributed by atoms with Gasteiger partial charge in [0.05, 0.1) is 23.5 Å². The SMILES string of the molecule is Cc1ccc2c(c1)NC(C)C(=O)N2Cc1ccc(C(=O)O)cc1. The van der Waals surface area contributed by atoms with E-state index in [1.807, 2.05) is 32.0 Å². The van der Waals surface area contributed by atoms with Crippen LogP contribution in [0.4, 0.5) is 11.4 Å². The van der Waals surface area contributed by atoms with Crippen LogP contribution >= 0.6 is 0 Å². The summed E-state index contributed by atoms with van der Waals surface area (Å²) in [6.07, 6.45) is 0. The molecule has 3 rings (SSSR count). The van der Waals surface area contributed by atoms with E-state index in [9.17, 15) is 9.59 Å². The highest BCUT2D eigenvalue weighted by atomic mass is 16.4. The van der Waals surface area contributed by atoms with Crippen molar-refractivity contribution in [2.45, 2.75) is 26.4 Å². The number of carboxylic acid groups (broad SMARTS) is 1. The monoisotopic (exact) mass is 310 g/mol. The Kier molecular flexibility index (Phi) is 3.78. The van der Waals surface area contributed by atoms with E-state index < -0.39 is 5.97 Å². The zero-order chi connectivity index (χ0) is 16.6. The van der Waals surface area contributed by atoms with Gasteiger partial charge < -0.3 is 15.3 Å². The molecule has 0 bridgehead atoms. The van der Waals surface area contributed by atoms with Gasteiger partial charge in [-0.25, -0.2) is 4.79 Å². The minimum Gasteiger partial charge on any atom is -0.478 e. The summed E-state index contributed by atoms with van der Waals surface area (Å²) < 4.78 is 0. The lowest BCUT2D eigenvalue weighted by atomic mass is 10.1. The zero-order valence-corrected chi connectivity index (χ0v) is 13.0. The number of aromatic carboxylic acids is 1. The molecule has 0 saturated carbocycles. The lowest BCUT2D eigenvalue weighted by molar-refractivity contribution is -0.119. The molecule has 1 unspecified atom stereocenters. The van der Waals surface area contributed by atoms with Gasteiger partial charge in [0.1, 0.15) is 6.04 Å². The molecule has 5 heteroatoms. The second-order valence-corrected chi connectivity index (χ2v) is 5.81. The summed E-state index contributed by atoms with van der Waals surface area (Å²) in [4.78, 5) is 25.2. The first-order valence-corrected chi connectivity index (χ1v) is 7.46. The highest BCUT2D eigenvalue weighted by Crippen LogP contribution is 2.33. The summed E-state index contributed by atoms with van der Waals surface area (Å²) in [7, 11) is 0. The van der Waals surface area contributed by atoms with E-state index in [4.69, 9.17) is 5.11 Å². The third-order valence-electron chi connectivity index (χ3n) is 3.99. The number of carbonyl (C=O) groups is 2. The molecule has 5 nitrogen and oxygen atoms in total. The van der Waals surface area contributed by atoms with Crippen molar-refractivity contribution in [1.29, 1.82) is 0 Å². The van der Waals surface area contributed by atoms with Crippen LogP contribution in [0, 0.1) is 6.92 Å². The third kappa shape index (κ3) is 2.90. The van der Waals surface area contributed by atoms with Crippen molar-refractivity contribution in [3.8, 4) is 0 Å². The van der Waals surface area contributed by atoms with Crippen LogP contribution in [0.5, 0.6) is 0 Å². The molecule has 0 spiro atoms. The average molecular weight is 310 g/mol. The summed E-state index contributed by atoms with van der Waals surface area (Å²) in [5.74, 6) is -0.951. The fraction of sp³-hybridized carbons (Fsp3) is 0.222. The fourth-order valence-corrected chi connectivity index (χ4v) is 2.75. The van der Waals surface area contributed by atoms with E-state index in [0.29, 0.717) is 6.54 Å². The molecular formula is C18H18N2O3. The summed E-state index contributed by atoms with van der Waals surface area (Å²) in [5.41, 5.74) is 4.05.